The van der Waals surface area contributed by atoms with Gasteiger partial charge in [0.15, 0.2) is 10.5 Å². The normalized spacial score (nSPS) is 25.0. The molecule has 3 N–H and O–H groups in total. The molecule has 122 valence electrons. The van der Waals surface area contributed by atoms with Crippen LogP contribution in [0.3, 0.4) is 0 Å². The van der Waals surface area contributed by atoms with E-state index in [1.807, 2.05) is 0 Å². The lowest BCUT2D eigenvalue weighted by atomic mass is 9.90. The van der Waals surface area contributed by atoms with E-state index in [0.29, 0.717) is 11.0 Å². The van der Waals surface area contributed by atoms with Crippen LogP contribution < -0.4 is 5.73 Å². The van der Waals surface area contributed by atoms with Gasteiger partial charge in [0.2, 0.25) is 5.95 Å². The molecule has 2 aromatic rings. The van der Waals surface area contributed by atoms with Crippen molar-refractivity contribution in [2.75, 3.05) is 5.73 Å². The molecule has 0 fully saturated rings. The Kier molecular flexibility index (Phi) is 3.38. The van der Waals surface area contributed by atoms with Crippen molar-refractivity contribution in [1.29, 1.82) is 0 Å². The summed E-state index contributed by atoms with van der Waals surface area (Å²) in [5.41, 5.74) is 6.21. The van der Waals surface area contributed by atoms with Crippen LogP contribution in [0, 0.1) is 0 Å². The molecule has 0 aromatic carbocycles. The van der Waals surface area contributed by atoms with Crippen molar-refractivity contribution in [3.63, 3.8) is 0 Å². The molecule has 0 radical (unpaired) electrons. The van der Waals surface area contributed by atoms with Crippen LogP contribution >= 0.6 is 11.6 Å². The van der Waals surface area contributed by atoms with E-state index >= 15 is 0 Å². The zero-order chi connectivity index (χ0) is 17.0. The molecule has 23 heavy (non-hydrogen) atoms. The number of allylic oxidation sites excluding steroid dienone is 2. The molecule has 1 aliphatic rings. The molecular formula is C13H11ClF3N5O. The van der Waals surface area contributed by atoms with E-state index in [0.717, 1.165) is 12.2 Å². The van der Waals surface area contributed by atoms with Gasteiger partial charge in [0.05, 0.1) is 5.39 Å². The Hall–Kier alpha value is -2.13. The Morgan fingerprint density at radius 3 is 2.78 bits per heavy atom. The van der Waals surface area contributed by atoms with Crippen LogP contribution in [-0.2, 0) is 7.05 Å². The van der Waals surface area contributed by atoms with Crippen LogP contribution in [0.5, 0.6) is 0 Å². The van der Waals surface area contributed by atoms with Gasteiger partial charge in [-0.1, -0.05) is 12.2 Å². The second-order valence-electron chi connectivity index (χ2n) is 5.11. The Morgan fingerprint density at radius 1 is 1.43 bits per heavy atom. The van der Waals surface area contributed by atoms with Gasteiger partial charge in [0.25, 0.3) is 0 Å². The number of fused-ring (bicyclic) bond motifs is 1. The van der Waals surface area contributed by atoms with Gasteiger partial charge in [0, 0.05) is 18.8 Å². The van der Waals surface area contributed by atoms with E-state index in [1.54, 1.807) is 7.05 Å². The summed E-state index contributed by atoms with van der Waals surface area (Å²) < 4.78 is 41.0. The van der Waals surface area contributed by atoms with Gasteiger partial charge in [-0.3, -0.25) is 0 Å². The zero-order valence-corrected chi connectivity index (χ0v) is 12.5. The van der Waals surface area contributed by atoms with Crippen molar-refractivity contribution in [3.8, 4) is 0 Å². The van der Waals surface area contributed by atoms with Crippen LogP contribution in [0.25, 0.3) is 16.6 Å². The van der Waals surface area contributed by atoms with E-state index in [1.165, 1.54) is 17.0 Å². The fourth-order valence-corrected chi connectivity index (χ4v) is 2.55. The highest BCUT2D eigenvalue weighted by atomic mass is 35.5. The highest BCUT2D eigenvalue weighted by molar-refractivity contribution is 6.27. The lowest BCUT2D eigenvalue weighted by Gasteiger charge is -2.32. The molecule has 2 unspecified atom stereocenters. The maximum absolute atomic E-state index is 13.2. The molecule has 0 spiro atoms. The lowest BCUT2D eigenvalue weighted by Crippen LogP contribution is -2.48. The van der Waals surface area contributed by atoms with E-state index in [4.69, 9.17) is 17.3 Å². The quantitative estimate of drug-likeness (QED) is 0.769. The number of aryl methyl sites for hydroxylation is 1. The number of nitrogens with zero attached hydrogens (tertiary/aromatic N) is 4. The van der Waals surface area contributed by atoms with Gasteiger partial charge in [-0.05, 0) is 6.08 Å². The average molecular weight is 346 g/mol. The molecule has 3 rings (SSSR count). The minimum atomic E-state index is -4.84. The van der Waals surface area contributed by atoms with Crippen LogP contribution in [-0.4, -0.2) is 42.0 Å². The van der Waals surface area contributed by atoms with Gasteiger partial charge in [-0.15, -0.1) is 11.6 Å². The maximum atomic E-state index is 13.2. The van der Waals surface area contributed by atoms with Gasteiger partial charge < -0.3 is 10.8 Å². The summed E-state index contributed by atoms with van der Waals surface area (Å²) in [7, 11) is 1.58. The first-order valence-corrected chi connectivity index (χ1v) is 6.81. The number of aromatic nitrogens is 4. The predicted molar refractivity (Wildman–Crippen MR) is 78.5 cm³/mol. The fourth-order valence-electron chi connectivity index (χ4n) is 2.36. The van der Waals surface area contributed by atoms with Crippen molar-refractivity contribution in [2.45, 2.75) is 17.2 Å². The van der Waals surface area contributed by atoms with Crippen molar-refractivity contribution >= 4 is 34.2 Å². The second kappa shape index (κ2) is 4.93. The maximum Gasteiger partial charge on any atom is 0.413 e. The van der Waals surface area contributed by atoms with Crippen molar-refractivity contribution in [3.05, 3.63) is 30.1 Å². The van der Waals surface area contributed by atoms with Gasteiger partial charge in [-0.25, -0.2) is 9.67 Å². The summed E-state index contributed by atoms with van der Waals surface area (Å²) in [4.78, 5) is 4.91. The molecule has 0 saturated heterocycles. The average Bonchev–Trinajstić information content (AvgIpc) is 2.78. The van der Waals surface area contributed by atoms with E-state index in [9.17, 15) is 18.3 Å². The third-order valence-corrected chi connectivity index (χ3v) is 4.11. The summed E-state index contributed by atoms with van der Waals surface area (Å²) in [5, 5.41) is 14.2. The minimum Gasteiger partial charge on any atom is -0.386 e. The number of hydrogen-bond acceptors (Lipinski definition) is 5. The van der Waals surface area contributed by atoms with Crippen LogP contribution in [0.2, 0.25) is 0 Å². The largest absolute Gasteiger partial charge is 0.413 e. The molecule has 0 amide bonds. The topological polar surface area (TPSA) is 89.8 Å². The number of nitrogen functional groups attached to an aromatic ring is 1. The van der Waals surface area contributed by atoms with E-state index in [-0.39, 0.29) is 17.2 Å². The van der Waals surface area contributed by atoms with Gasteiger partial charge in [0.1, 0.15) is 11.8 Å². The Labute approximate surface area is 133 Å². The minimum absolute atomic E-state index is 0.0256. The first-order valence-electron chi connectivity index (χ1n) is 6.44. The first kappa shape index (κ1) is 15.8. The van der Waals surface area contributed by atoms with E-state index in [2.05, 4.69) is 15.1 Å². The highest BCUT2D eigenvalue weighted by Gasteiger charge is 2.57. The zero-order valence-electron chi connectivity index (χ0n) is 11.7. The number of aliphatic hydroxyl groups excluding tert-OH is 1. The smallest absolute Gasteiger partial charge is 0.386 e. The second-order valence-corrected chi connectivity index (χ2v) is 5.73. The molecule has 0 bridgehead atoms. The van der Waals surface area contributed by atoms with Crippen molar-refractivity contribution in [2.24, 2.45) is 7.05 Å². The monoisotopic (exact) mass is 345 g/mol. The van der Waals surface area contributed by atoms with E-state index < -0.39 is 17.2 Å². The molecule has 0 saturated carbocycles. The predicted octanol–water partition coefficient (Wildman–Crippen LogP) is 1.80. The summed E-state index contributed by atoms with van der Waals surface area (Å²) >= 11 is 5.64. The van der Waals surface area contributed by atoms with Crippen LogP contribution in [0.15, 0.2) is 24.4 Å². The number of alkyl halides is 4. The Balaban J connectivity index is 2.19. The summed E-state index contributed by atoms with van der Waals surface area (Å²) in [6.45, 7) is 0. The van der Waals surface area contributed by atoms with Gasteiger partial charge >= 0.3 is 6.18 Å². The standard InChI is InChI=1S/C13H11ClF3N5O/c1-22-10-7(5-19-11(18)20-10)9(21-22)6-2-3-8(23)12(14,4-6)13(15,16)17/h2-5,8,23H,1H3,(H2,18,19,20). The number of halogens is 4. The van der Waals surface area contributed by atoms with Crippen molar-refractivity contribution in [1.82, 2.24) is 19.7 Å². The fraction of sp³-hybridized carbons (Fsp3) is 0.308. The Morgan fingerprint density at radius 2 is 2.13 bits per heavy atom. The van der Waals surface area contributed by atoms with Crippen molar-refractivity contribution < 1.29 is 18.3 Å². The summed E-state index contributed by atoms with van der Waals surface area (Å²) in [6.07, 6.45) is -2.30. The number of aliphatic hydroxyl groups is 1. The molecule has 2 heterocycles. The molecular weight excluding hydrogens is 335 g/mol. The summed E-state index contributed by atoms with van der Waals surface area (Å²) in [5.74, 6) is 0.0256. The number of anilines is 1. The molecule has 0 aliphatic heterocycles. The Bertz CT molecular complexity index is 844. The molecule has 2 aromatic heterocycles. The third-order valence-electron chi connectivity index (χ3n) is 3.56. The molecule has 2 atom stereocenters. The number of nitrogens with two attached hydrogens (primary N) is 1. The number of hydrogen-bond donors (Lipinski definition) is 2. The lowest BCUT2D eigenvalue weighted by molar-refractivity contribution is -0.166. The van der Waals surface area contributed by atoms with Crippen LogP contribution in [0.4, 0.5) is 19.1 Å². The third kappa shape index (κ3) is 2.36. The molecule has 1 aliphatic carbocycles. The first-order chi connectivity index (χ1) is 10.6. The molecule has 6 nitrogen and oxygen atoms in total. The SMILES string of the molecule is Cn1nc(C2=CC(Cl)(C(F)(F)F)C(O)C=C2)c2cnc(N)nc21. The van der Waals surface area contributed by atoms with Crippen LogP contribution in [0.1, 0.15) is 5.69 Å². The number of rotatable bonds is 1. The van der Waals surface area contributed by atoms with Gasteiger partial charge in [-0.2, -0.15) is 23.3 Å². The molecule has 10 heteroatoms. The highest BCUT2D eigenvalue weighted by Crippen LogP contribution is 2.45. The summed E-state index contributed by atoms with van der Waals surface area (Å²) in [6, 6.07) is 0.